The van der Waals surface area contributed by atoms with Gasteiger partial charge in [0.05, 0.1) is 0 Å². The maximum atomic E-state index is 9.89. The first-order chi connectivity index (χ1) is 5.33. The number of nitrogens with zero attached hydrogens (tertiary/aromatic N) is 2. The zero-order valence-electron chi connectivity index (χ0n) is 6.66. The quantitative estimate of drug-likeness (QED) is 0.426. The van der Waals surface area contributed by atoms with Gasteiger partial charge in [-0.3, -0.25) is 4.79 Å². The molecule has 0 atom stereocenters. The van der Waals surface area contributed by atoms with Gasteiger partial charge in [-0.2, -0.15) is 0 Å². The van der Waals surface area contributed by atoms with Gasteiger partial charge in [0.15, 0.2) is 0 Å². The second-order valence-electron chi connectivity index (χ2n) is 2.69. The van der Waals surface area contributed by atoms with Gasteiger partial charge in [0.25, 0.3) is 0 Å². The molecule has 0 radical (unpaired) electrons. The van der Waals surface area contributed by atoms with Crippen LogP contribution in [-0.2, 0) is 4.79 Å². The topological polar surface area (TPSA) is 32.7 Å². The van der Waals surface area contributed by atoms with E-state index < -0.39 is 0 Å². The van der Waals surface area contributed by atoms with Crippen LogP contribution >= 0.6 is 0 Å². The van der Waals surface area contributed by atoms with Crippen LogP contribution in [0, 0.1) is 0 Å². The molecule has 3 heteroatoms. The molecule has 1 aliphatic rings. The molecule has 0 aromatic heterocycles. The Morgan fingerprint density at radius 3 is 3.18 bits per heavy atom. The number of likely N-dealkylation sites (N-methyl/N-ethyl adjacent to an activating group) is 1. The summed E-state index contributed by atoms with van der Waals surface area (Å²) in [5.41, 5.74) is 1.13. The second-order valence-corrected chi connectivity index (χ2v) is 2.69. The summed E-state index contributed by atoms with van der Waals surface area (Å²) >= 11 is 0. The van der Waals surface area contributed by atoms with E-state index in [9.17, 15) is 4.79 Å². The highest BCUT2D eigenvalue weighted by atomic mass is 16.1. The number of hydrogen-bond donors (Lipinski definition) is 0. The van der Waals surface area contributed by atoms with Gasteiger partial charge in [-0.1, -0.05) is 6.08 Å². The van der Waals surface area contributed by atoms with E-state index in [1.807, 2.05) is 0 Å². The van der Waals surface area contributed by atoms with Crippen LogP contribution in [0.3, 0.4) is 0 Å². The molecule has 0 aliphatic carbocycles. The first kappa shape index (κ1) is 8.14. The van der Waals surface area contributed by atoms with E-state index in [1.54, 1.807) is 6.21 Å². The van der Waals surface area contributed by atoms with Crippen LogP contribution < -0.4 is 0 Å². The number of rotatable bonds is 2. The molecule has 0 aromatic carbocycles. The summed E-state index contributed by atoms with van der Waals surface area (Å²) in [6.45, 7) is 2.00. The molecule has 1 aliphatic heterocycles. The summed E-state index contributed by atoms with van der Waals surface area (Å²) < 4.78 is 0. The van der Waals surface area contributed by atoms with Crippen LogP contribution in [-0.4, -0.2) is 37.7 Å². The van der Waals surface area contributed by atoms with Crippen molar-refractivity contribution in [1.82, 2.24) is 4.90 Å². The highest BCUT2D eigenvalue weighted by Crippen LogP contribution is 2.04. The third-order valence-electron chi connectivity index (χ3n) is 1.67. The Bertz CT molecular complexity index is 196. The number of hydrogen-bond acceptors (Lipinski definition) is 2. The number of amides is 1. The Morgan fingerprint density at radius 1 is 1.73 bits per heavy atom. The van der Waals surface area contributed by atoms with E-state index >= 15 is 0 Å². The Labute approximate surface area is 66.4 Å². The van der Waals surface area contributed by atoms with Crippen molar-refractivity contribution in [2.24, 2.45) is 4.99 Å². The van der Waals surface area contributed by atoms with Crippen molar-refractivity contribution in [3.63, 3.8) is 0 Å². The van der Waals surface area contributed by atoms with Gasteiger partial charge in [0.1, 0.15) is 0 Å². The highest BCUT2D eigenvalue weighted by molar-refractivity contribution is 5.84. The first-order valence-electron chi connectivity index (χ1n) is 3.67. The zero-order valence-corrected chi connectivity index (χ0v) is 6.66. The summed E-state index contributed by atoms with van der Waals surface area (Å²) in [4.78, 5) is 15.6. The minimum Gasteiger partial charge on any atom is -0.302 e. The third kappa shape index (κ3) is 2.63. The molecule has 3 nitrogen and oxygen atoms in total. The van der Waals surface area contributed by atoms with Crippen molar-refractivity contribution in [3.8, 4) is 0 Å². The van der Waals surface area contributed by atoms with Crippen molar-refractivity contribution in [2.75, 3.05) is 20.1 Å². The predicted molar refractivity (Wildman–Crippen MR) is 44.8 cm³/mol. The van der Waals surface area contributed by atoms with Gasteiger partial charge in [-0.15, -0.1) is 0 Å². The molecule has 1 heterocycles. The summed E-state index contributed by atoms with van der Waals surface area (Å²) in [6.07, 6.45) is 5.36. The molecule has 0 saturated heterocycles. The lowest BCUT2D eigenvalue weighted by molar-refractivity contribution is -0.106. The molecule has 0 bridgehead atoms. The molecule has 1 rings (SSSR count). The van der Waals surface area contributed by atoms with Crippen molar-refractivity contribution in [1.29, 1.82) is 0 Å². The average molecular weight is 152 g/mol. The molecule has 0 spiro atoms. The summed E-state index contributed by atoms with van der Waals surface area (Å²) in [5, 5.41) is 0. The minimum absolute atomic E-state index is 0.565. The van der Waals surface area contributed by atoms with Crippen molar-refractivity contribution < 1.29 is 4.79 Å². The van der Waals surface area contributed by atoms with Crippen molar-refractivity contribution in [2.45, 2.75) is 6.42 Å². The molecule has 0 aromatic rings. The fourth-order valence-electron chi connectivity index (χ4n) is 1.15. The molecular formula is C8H12N2O. The Hall–Kier alpha value is -0.960. The van der Waals surface area contributed by atoms with Gasteiger partial charge in [-0.25, -0.2) is 4.99 Å². The third-order valence-corrected chi connectivity index (χ3v) is 1.67. The SMILES string of the molecule is CN1CCC=C(C=NC=O)C1. The van der Waals surface area contributed by atoms with Gasteiger partial charge in [0.2, 0.25) is 6.41 Å². The largest absolute Gasteiger partial charge is 0.302 e. The van der Waals surface area contributed by atoms with E-state index in [2.05, 4.69) is 23.0 Å². The van der Waals surface area contributed by atoms with Gasteiger partial charge < -0.3 is 4.90 Å². The lowest BCUT2D eigenvalue weighted by Crippen LogP contribution is -2.25. The molecule has 0 saturated carbocycles. The lowest BCUT2D eigenvalue weighted by atomic mass is 10.1. The van der Waals surface area contributed by atoms with Crippen molar-refractivity contribution >= 4 is 12.6 Å². The van der Waals surface area contributed by atoms with E-state index in [-0.39, 0.29) is 0 Å². The summed E-state index contributed by atoms with van der Waals surface area (Å²) in [7, 11) is 2.06. The molecule has 0 N–H and O–H groups in total. The highest BCUT2D eigenvalue weighted by Gasteiger charge is 2.05. The van der Waals surface area contributed by atoms with Gasteiger partial charge >= 0.3 is 0 Å². The molecule has 1 amide bonds. The average Bonchev–Trinajstić information content (AvgIpc) is 2.01. The van der Waals surface area contributed by atoms with Gasteiger partial charge in [0, 0.05) is 19.3 Å². The normalized spacial score (nSPS) is 20.3. The van der Waals surface area contributed by atoms with Crippen LogP contribution in [0.5, 0.6) is 0 Å². The molecular weight excluding hydrogens is 140 g/mol. The number of aliphatic imine (C=N–C) groups is 1. The lowest BCUT2D eigenvalue weighted by Gasteiger charge is -2.20. The van der Waals surface area contributed by atoms with Gasteiger partial charge in [-0.05, 0) is 19.0 Å². The molecule has 0 unspecified atom stereocenters. The minimum atomic E-state index is 0.565. The number of carbonyl (C=O) groups excluding carboxylic acids is 1. The Morgan fingerprint density at radius 2 is 2.55 bits per heavy atom. The molecule has 60 valence electrons. The Kier molecular flexibility index (Phi) is 2.98. The van der Waals surface area contributed by atoms with Crippen molar-refractivity contribution in [3.05, 3.63) is 11.6 Å². The summed E-state index contributed by atoms with van der Waals surface area (Å²) in [6, 6.07) is 0. The maximum Gasteiger partial charge on any atom is 0.232 e. The fourth-order valence-corrected chi connectivity index (χ4v) is 1.15. The molecule has 11 heavy (non-hydrogen) atoms. The second kappa shape index (κ2) is 4.03. The van der Waals surface area contributed by atoms with Crippen LogP contribution in [0.15, 0.2) is 16.6 Å². The maximum absolute atomic E-state index is 9.89. The smallest absolute Gasteiger partial charge is 0.232 e. The first-order valence-corrected chi connectivity index (χ1v) is 3.67. The number of carbonyl (C=O) groups is 1. The van der Waals surface area contributed by atoms with E-state index in [0.29, 0.717) is 6.41 Å². The standard InChI is InChI=1S/C8H12N2O/c1-10-4-2-3-8(6-10)5-9-7-11/h3,5,7H,2,4,6H2,1H3. The monoisotopic (exact) mass is 152 g/mol. The van der Waals surface area contributed by atoms with Crippen LogP contribution in [0.1, 0.15) is 6.42 Å². The predicted octanol–water partition coefficient (Wildman–Crippen LogP) is 0.476. The van der Waals surface area contributed by atoms with E-state index in [4.69, 9.17) is 0 Å². The molecule has 0 fully saturated rings. The Balaban J connectivity index is 2.50. The van der Waals surface area contributed by atoms with Crippen LogP contribution in [0.2, 0.25) is 0 Å². The fraction of sp³-hybridized carbons (Fsp3) is 0.500. The van der Waals surface area contributed by atoms with Crippen LogP contribution in [0.25, 0.3) is 0 Å². The van der Waals surface area contributed by atoms with E-state index in [1.165, 1.54) is 0 Å². The van der Waals surface area contributed by atoms with E-state index in [0.717, 1.165) is 25.1 Å². The zero-order chi connectivity index (χ0) is 8.10. The summed E-state index contributed by atoms with van der Waals surface area (Å²) in [5.74, 6) is 0. The van der Waals surface area contributed by atoms with Crippen LogP contribution in [0.4, 0.5) is 0 Å².